The monoisotopic (exact) mass is 322 g/mol. The van der Waals surface area contributed by atoms with Crippen LogP contribution in [0.2, 0.25) is 0 Å². The van der Waals surface area contributed by atoms with Crippen LogP contribution >= 0.6 is 0 Å². The predicted molar refractivity (Wildman–Crippen MR) is 89.5 cm³/mol. The van der Waals surface area contributed by atoms with Crippen LogP contribution in [0.5, 0.6) is 0 Å². The maximum absolute atomic E-state index is 12.4. The Morgan fingerprint density at radius 3 is 2.71 bits per heavy atom. The lowest BCUT2D eigenvalue weighted by Gasteiger charge is -2.05. The number of aromatic nitrogens is 3. The molecule has 1 aromatic carbocycles. The fraction of sp³-hybridized carbons (Fsp3) is 0.278. The second-order valence-corrected chi connectivity index (χ2v) is 6.14. The molecular formula is C18H18N4O2. The van der Waals surface area contributed by atoms with E-state index >= 15 is 0 Å². The van der Waals surface area contributed by atoms with Gasteiger partial charge in [-0.3, -0.25) is 4.79 Å². The van der Waals surface area contributed by atoms with Gasteiger partial charge in [-0.25, -0.2) is 4.68 Å². The Kier molecular flexibility index (Phi) is 3.45. The minimum atomic E-state index is -0.274. The highest BCUT2D eigenvalue weighted by Crippen LogP contribution is 2.40. The highest BCUT2D eigenvalue weighted by Gasteiger charge is 2.29. The van der Waals surface area contributed by atoms with E-state index in [1.54, 1.807) is 6.07 Å². The molecule has 0 unspecified atom stereocenters. The van der Waals surface area contributed by atoms with E-state index in [0.29, 0.717) is 17.3 Å². The number of hydrogen-bond donors (Lipinski definition) is 1. The molecule has 0 radical (unpaired) electrons. The Labute approximate surface area is 139 Å². The normalized spacial score (nSPS) is 13.9. The van der Waals surface area contributed by atoms with Crippen molar-refractivity contribution in [1.82, 2.24) is 14.9 Å². The number of benzene rings is 1. The quantitative estimate of drug-likeness (QED) is 0.796. The van der Waals surface area contributed by atoms with Crippen molar-refractivity contribution in [2.45, 2.75) is 32.6 Å². The molecule has 0 bridgehead atoms. The van der Waals surface area contributed by atoms with E-state index in [0.717, 1.165) is 35.7 Å². The third-order valence-corrected chi connectivity index (χ3v) is 4.27. The van der Waals surface area contributed by atoms with Crippen LogP contribution in [0, 0.1) is 13.8 Å². The van der Waals surface area contributed by atoms with Crippen molar-refractivity contribution in [3.63, 3.8) is 0 Å². The number of amides is 1. The molecule has 2 heterocycles. The van der Waals surface area contributed by atoms with Crippen LogP contribution in [0.4, 0.5) is 5.69 Å². The van der Waals surface area contributed by atoms with Crippen molar-refractivity contribution in [3.05, 3.63) is 59.2 Å². The molecule has 1 saturated carbocycles. The molecule has 24 heavy (non-hydrogen) atoms. The molecule has 1 fully saturated rings. The van der Waals surface area contributed by atoms with Gasteiger partial charge in [-0.2, -0.15) is 5.10 Å². The maximum atomic E-state index is 12.4. The molecule has 0 saturated heterocycles. The summed E-state index contributed by atoms with van der Waals surface area (Å²) in [5.41, 5.74) is 3.60. The first kappa shape index (κ1) is 14.7. The first-order valence-electron chi connectivity index (χ1n) is 8.03. The summed E-state index contributed by atoms with van der Waals surface area (Å²) in [5.74, 6) is 0.960. The van der Waals surface area contributed by atoms with E-state index in [1.807, 2.05) is 48.9 Å². The molecule has 0 spiro atoms. The van der Waals surface area contributed by atoms with Crippen molar-refractivity contribution < 1.29 is 9.32 Å². The van der Waals surface area contributed by atoms with Gasteiger partial charge in [0, 0.05) is 12.0 Å². The first-order valence-corrected chi connectivity index (χ1v) is 8.03. The van der Waals surface area contributed by atoms with Gasteiger partial charge in [0.2, 0.25) is 0 Å². The van der Waals surface area contributed by atoms with E-state index < -0.39 is 0 Å². The second-order valence-electron chi connectivity index (χ2n) is 6.14. The number of rotatable bonds is 4. The molecule has 0 aliphatic heterocycles. The summed E-state index contributed by atoms with van der Waals surface area (Å²) in [4.78, 5) is 12.4. The first-order chi connectivity index (χ1) is 11.6. The topological polar surface area (TPSA) is 73.0 Å². The largest absolute Gasteiger partial charge is 0.360 e. The minimum absolute atomic E-state index is 0.274. The Balaban J connectivity index is 1.59. The number of anilines is 1. The van der Waals surface area contributed by atoms with Gasteiger partial charge in [0.05, 0.1) is 22.8 Å². The molecule has 1 amide bonds. The predicted octanol–water partition coefficient (Wildman–Crippen LogP) is 3.61. The fourth-order valence-electron chi connectivity index (χ4n) is 2.78. The molecule has 1 N–H and O–H groups in total. The number of para-hydroxylation sites is 1. The van der Waals surface area contributed by atoms with Crippen LogP contribution in [0.1, 0.15) is 46.4 Å². The Morgan fingerprint density at radius 2 is 2.00 bits per heavy atom. The van der Waals surface area contributed by atoms with Crippen LogP contribution < -0.4 is 5.32 Å². The van der Waals surface area contributed by atoms with Gasteiger partial charge in [-0.05, 0) is 38.8 Å². The molecule has 3 aromatic rings. The number of nitrogens with zero attached hydrogens (tertiary/aromatic N) is 3. The van der Waals surface area contributed by atoms with Gasteiger partial charge >= 0.3 is 0 Å². The lowest BCUT2D eigenvalue weighted by molar-refractivity contribution is 0.101. The molecule has 6 heteroatoms. The third kappa shape index (κ3) is 2.60. The minimum Gasteiger partial charge on any atom is -0.360 e. The summed E-state index contributed by atoms with van der Waals surface area (Å²) in [6.07, 6.45) is 2.22. The summed E-state index contributed by atoms with van der Waals surface area (Å²) in [6, 6.07) is 11.6. The molecule has 1 aliphatic rings. The molecule has 6 nitrogen and oxygen atoms in total. The standard InChI is InChI=1S/C18H18N4O2/c1-11-17(12(2)22(20-11)14-6-4-3-5-7-14)19-18(23)15-10-16(24-21-15)13-8-9-13/h3-7,10,13H,8-9H2,1-2H3,(H,19,23). The number of hydrogen-bond acceptors (Lipinski definition) is 4. The number of carbonyl (C=O) groups is 1. The fourth-order valence-corrected chi connectivity index (χ4v) is 2.78. The van der Waals surface area contributed by atoms with E-state index in [2.05, 4.69) is 15.6 Å². The summed E-state index contributed by atoms with van der Waals surface area (Å²) < 4.78 is 7.07. The Bertz CT molecular complexity index is 891. The van der Waals surface area contributed by atoms with Crippen LogP contribution in [0.3, 0.4) is 0 Å². The van der Waals surface area contributed by atoms with Crippen LogP contribution in [0.25, 0.3) is 5.69 Å². The van der Waals surface area contributed by atoms with Gasteiger partial charge in [0.25, 0.3) is 5.91 Å². The summed E-state index contributed by atoms with van der Waals surface area (Å²) >= 11 is 0. The van der Waals surface area contributed by atoms with Gasteiger partial charge < -0.3 is 9.84 Å². The molecular weight excluding hydrogens is 304 g/mol. The molecule has 122 valence electrons. The van der Waals surface area contributed by atoms with Crippen molar-refractivity contribution in [2.75, 3.05) is 5.32 Å². The number of carbonyl (C=O) groups excluding carboxylic acids is 1. The lowest BCUT2D eigenvalue weighted by Crippen LogP contribution is -2.13. The smallest absolute Gasteiger partial charge is 0.277 e. The zero-order valence-electron chi connectivity index (χ0n) is 13.6. The van der Waals surface area contributed by atoms with Crippen molar-refractivity contribution in [3.8, 4) is 5.69 Å². The number of nitrogens with one attached hydrogen (secondary N) is 1. The van der Waals surface area contributed by atoms with Crippen LogP contribution in [0.15, 0.2) is 40.9 Å². The summed E-state index contributed by atoms with van der Waals surface area (Å²) in [5, 5.41) is 11.3. The Morgan fingerprint density at radius 1 is 1.25 bits per heavy atom. The molecule has 2 aromatic heterocycles. The summed E-state index contributed by atoms with van der Waals surface area (Å²) in [6.45, 7) is 3.81. The van der Waals surface area contributed by atoms with Gasteiger partial charge in [0.15, 0.2) is 5.69 Å². The Hall–Kier alpha value is -2.89. The van der Waals surface area contributed by atoms with Gasteiger partial charge in [0.1, 0.15) is 5.76 Å². The van der Waals surface area contributed by atoms with E-state index in [-0.39, 0.29) is 5.91 Å². The zero-order chi connectivity index (χ0) is 16.7. The second kappa shape index (κ2) is 5.63. The number of aryl methyl sites for hydroxylation is 1. The van der Waals surface area contributed by atoms with Crippen LogP contribution in [-0.4, -0.2) is 20.8 Å². The van der Waals surface area contributed by atoms with Crippen LogP contribution in [-0.2, 0) is 0 Å². The molecule has 4 rings (SSSR count). The molecule has 1 aliphatic carbocycles. The van der Waals surface area contributed by atoms with E-state index in [9.17, 15) is 4.79 Å². The van der Waals surface area contributed by atoms with Gasteiger partial charge in [-0.15, -0.1) is 0 Å². The van der Waals surface area contributed by atoms with Crippen molar-refractivity contribution in [1.29, 1.82) is 0 Å². The molecule has 0 atom stereocenters. The highest BCUT2D eigenvalue weighted by atomic mass is 16.5. The lowest BCUT2D eigenvalue weighted by atomic mass is 10.2. The zero-order valence-corrected chi connectivity index (χ0v) is 13.6. The van der Waals surface area contributed by atoms with Crippen molar-refractivity contribution >= 4 is 11.6 Å². The maximum Gasteiger partial charge on any atom is 0.277 e. The van der Waals surface area contributed by atoms with E-state index in [1.165, 1.54) is 0 Å². The van der Waals surface area contributed by atoms with Gasteiger partial charge in [-0.1, -0.05) is 23.4 Å². The summed E-state index contributed by atoms with van der Waals surface area (Å²) in [7, 11) is 0. The third-order valence-electron chi connectivity index (χ3n) is 4.27. The SMILES string of the molecule is Cc1nn(-c2ccccc2)c(C)c1NC(=O)c1cc(C2CC2)on1. The average molecular weight is 322 g/mol. The average Bonchev–Trinajstić information content (AvgIpc) is 3.26. The van der Waals surface area contributed by atoms with E-state index in [4.69, 9.17) is 4.52 Å². The van der Waals surface area contributed by atoms with Crippen molar-refractivity contribution in [2.24, 2.45) is 0 Å². The highest BCUT2D eigenvalue weighted by molar-refractivity contribution is 6.03.